The summed E-state index contributed by atoms with van der Waals surface area (Å²) in [5.74, 6) is 0.868. The molecule has 0 saturated carbocycles. The summed E-state index contributed by atoms with van der Waals surface area (Å²) in [6.07, 6.45) is 8.99. The number of benzene rings is 2. The molecule has 3 fully saturated rings. The van der Waals surface area contributed by atoms with Crippen LogP contribution in [0.2, 0.25) is 0 Å². The topological polar surface area (TPSA) is 146 Å². The van der Waals surface area contributed by atoms with Gasteiger partial charge in [0, 0.05) is 81.8 Å². The van der Waals surface area contributed by atoms with E-state index >= 15 is 0 Å². The second-order valence-corrected chi connectivity index (χ2v) is 16.3. The number of halogens is 1. The molecule has 4 aliphatic heterocycles. The summed E-state index contributed by atoms with van der Waals surface area (Å²) in [4.78, 5) is 61.0. The van der Waals surface area contributed by atoms with Crippen molar-refractivity contribution in [2.45, 2.75) is 101 Å². The lowest BCUT2D eigenvalue weighted by Gasteiger charge is -2.32. The molecule has 1 aromatic heterocycles. The molecule has 7 rings (SSSR count). The van der Waals surface area contributed by atoms with Gasteiger partial charge < -0.3 is 24.7 Å². The number of piperidine rings is 2. The smallest absolute Gasteiger partial charge is 0.261 e. The first-order valence-electron chi connectivity index (χ1n) is 19.6. The highest BCUT2D eigenvalue weighted by Gasteiger charge is 2.35. The van der Waals surface area contributed by atoms with Crippen LogP contribution in [-0.4, -0.2) is 88.2 Å². The minimum Gasteiger partial charge on any atom is -0.493 e. The quantitative estimate of drug-likeness (QED) is 0.138. The Morgan fingerprint density at radius 2 is 1.83 bits per heavy atom. The maximum absolute atomic E-state index is 15.0. The predicted molar refractivity (Wildman–Crippen MR) is 206 cm³/mol. The number of likely N-dealkylation sites (tertiary alicyclic amines) is 1. The SMILES string of the molecule is O=C1CCC(N2Cc3cccc(NCCCCCCC(=O)N4CCC(COc5cc(F)c6c(=O)[nH]c(CSC7CCOCC7)nc6c5)CC4)c3C2)C(=O)N1. The van der Waals surface area contributed by atoms with Crippen molar-refractivity contribution in [3.63, 3.8) is 0 Å². The number of thioether (sulfide) groups is 1. The minimum absolute atomic E-state index is 0.0534. The van der Waals surface area contributed by atoms with Gasteiger partial charge in [0.15, 0.2) is 0 Å². The van der Waals surface area contributed by atoms with Crippen LogP contribution >= 0.6 is 11.8 Å². The number of unbranched alkanes of at least 4 members (excludes halogenated alkanes) is 3. The third-order valence-corrected chi connectivity index (χ3v) is 12.5. The number of nitrogens with one attached hydrogen (secondary N) is 3. The number of imide groups is 1. The number of rotatable bonds is 15. The maximum atomic E-state index is 15.0. The van der Waals surface area contributed by atoms with Crippen molar-refractivity contribution >= 4 is 46.1 Å². The number of aromatic amines is 1. The van der Waals surface area contributed by atoms with Gasteiger partial charge in [0.05, 0.1) is 23.9 Å². The summed E-state index contributed by atoms with van der Waals surface area (Å²) >= 11 is 1.74. The Labute approximate surface area is 319 Å². The lowest BCUT2D eigenvalue weighted by molar-refractivity contribution is -0.138. The number of anilines is 1. The van der Waals surface area contributed by atoms with E-state index < -0.39 is 11.4 Å². The van der Waals surface area contributed by atoms with Gasteiger partial charge in [-0.05, 0) is 68.1 Å². The number of aromatic nitrogens is 2. The van der Waals surface area contributed by atoms with Crippen molar-refractivity contribution in [1.29, 1.82) is 0 Å². The molecule has 1 atom stereocenters. The number of hydrogen-bond acceptors (Lipinski definition) is 10. The molecular formula is C40H51FN6O6S. The lowest BCUT2D eigenvalue weighted by atomic mass is 9.97. The monoisotopic (exact) mass is 762 g/mol. The van der Waals surface area contributed by atoms with Crippen LogP contribution in [0.5, 0.6) is 5.75 Å². The molecule has 5 heterocycles. The summed E-state index contributed by atoms with van der Waals surface area (Å²) in [7, 11) is 0. The molecular weight excluding hydrogens is 712 g/mol. The molecule has 3 saturated heterocycles. The van der Waals surface area contributed by atoms with Crippen LogP contribution in [-0.2, 0) is 38.0 Å². The molecule has 0 spiro atoms. The predicted octanol–water partition coefficient (Wildman–Crippen LogP) is 5.28. The van der Waals surface area contributed by atoms with Gasteiger partial charge in [-0.2, -0.15) is 11.8 Å². The molecule has 3 N–H and O–H groups in total. The molecule has 0 radical (unpaired) electrons. The standard InChI is InChI=1S/C40H51FN6O6S/c41-31-20-28(21-33-38(31)40(51)44-35(43-33)25-54-29-13-18-52-19-14-29)53-24-26-11-16-46(17-12-26)37(49)8-3-1-2-4-15-42-32-7-5-6-27-22-47(23-30(27)32)34-9-10-36(48)45-39(34)50/h5-7,20-21,26,29,34,42H,1-4,8-19,22-25H2,(H,43,44,51)(H,45,48,50). The zero-order valence-electron chi connectivity index (χ0n) is 30.8. The van der Waals surface area contributed by atoms with E-state index in [1.165, 1.54) is 17.2 Å². The van der Waals surface area contributed by atoms with Crippen LogP contribution in [0.4, 0.5) is 10.1 Å². The molecule has 14 heteroatoms. The van der Waals surface area contributed by atoms with Crippen molar-refractivity contribution in [2.75, 3.05) is 44.8 Å². The Morgan fingerprint density at radius 3 is 2.65 bits per heavy atom. The van der Waals surface area contributed by atoms with E-state index in [9.17, 15) is 23.6 Å². The Kier molecular flexibility index (Phi) is 12.8. The molecule has 0 bridgehead atoms. The molecule has 0 aliphatic carbocycles. The number of H-pyrrole nitrogens is 1. The van der Waals surface area contributed by atoms with Gasteiger partial charge >= 0.3 is 0 Å². The van der Waals surface area contributed by atoms with Crippen molar-refractivity contribution in [1.82, 2.24) is 25.1 Å². The largest absolute Gasteiger partial charge is 0.493 e. The van der Waals surface area contributed by atoms with Gasteiger partial charge in [-0.3, -0.25) is 29.4 Å². The zero-order valence-corrected chi connectivity index (χ0v) is 31.7. The summed E-state index contributed by atoms with van der Waals surface area (Å²) in [5.41, 5.74) is 3.38. The number of carbonyl (C=O) groups is 3. The Hall–Kier alpha value is -4.01. The van der Waals surface area contributed by atoms with Crippen LogP contribution in [0.15, 0.2) is 35.1 Å². The number of fused-ring (bicyclic) bond motifs is 2. The van der Waals surface area contributed by atoms with Crippen LogP contribution < -0.4 is 20.9 Å². The summed E-state index contributed by atoms with van der Waals surface area (Å²) in [6.45, 7) is 5.54. The second-order valence-electron chi connectivity index (χ2n) is 15.0. The van der Waals surface area contributed by atoms with Crippen LogP contribution in [0.3, 0.4) is 0 Å². The lowest BCUT2D eigenvalue weighted by Crippen LogP contribution is -2.50. The molecule has 3 aromatic rings. The minimum atomic E-state index is -0.643. The van der Waals surface area contributed by atoms with E-state index in [1.54, 1.807) is 17.8 Å². The Balaban J connectivity index is 0.779. The van der Waals surface area contributed by atoms with Gasteiger partial charge in [0.2, 0.25) is 17.7 Å². The average molecular weight is 763 g/mol. The van der Waals surface area contributed by atoms with Crippen molar-refractivity contribution in [2.24, 2.45) is 5.92 Å². The van der Waals surface area contributed by atoms with Gasteiger partial charge in [0.25, 0.3) is 5.56 Å². The molecule has 12 nitrogen and oxygen atoms in total. The molecule has 1 unspecified atom stereocenters. The summed E-state index contributed by atoms with van der Waals surface area (Å²) in [5, 5.41) is 6.47. The van der Waals surface area contributed by atoms with E-state index in [0.717, 1.165) is 76.8 Å². The van der Waals surface area contributed by atoms with Crippen LogP contribution in [0, 0.1) is 11.7 Å². The van der Waals surface area contributed by atoms with E-state index in [1.807, 2.05) is 4.90 Å². The highest BCUT2D eigenvalue weighted by molar-refractivity contribution is 7.99. The van der Waals surface area contributed by atoms with Crippen molar-refractivity contribution in [3.8, 4) is 5.75 Å². The zero-order chi connectivity index (χ0) is 37.4. The molecule has 2 aromatic carbocycles. The normalized spacial score (nSPS) is 19.9. The van der Waals surface area contributed by atoms with Crippen LogP contribution in [0.25, 0.3) is 10.9 Å². The fourth-order valence-electron chi connectivity index (χ4n) is 8.00. The Bertz CT molecular complexity index is 1880. The maximum Gasteiger partial charge on any atom is 0.261 e. The highest BCUT2D eigenvalue weighted by atomic mass is 32.2. The Morgan fingerprint density at radius 1 is 1.02 bits per heavy atom. The first-order valence-corrected chi connectivity index (χ1v) is 20.6. The fraction of sp³-hybridized carbons (Fsp3) is 0.575. The van der Waals surface area contributed by atoms with Crippen molar-refractivity contribution < 1.29 is 28.2 Å². The number of carbonyl (C=O) groups excluding carboxylic acids is 3. The summed E-state index contributed by atoms with van der Waals surface area (Å²) in [6, 6.07) is 8.90. The third-order valence-electron chi connectivity index (χ3n) is 11.2. The van der Waals surface area contributed by atoms with E-state index in [0.29, 0.717) is 80.1 Å². The van der Waals surface area contributed by atoms with Crippen LogP contribution in [0.1, 0.15) is 87.6 Å². The first-order chi connectivity index (χ1) is 26.3. The number of nitrogens with zero attached hydrogens (tertiary/aromatic N) is 3. The molecule has 54 heavy (non-hydrogen) atoms. The van der Waals surface area contributed by atoms with Gasteiger partial charge in [-0.15, -0.1) is 0 Å². The number of amides is 3. The summed E-state index contributed by atoms with van der Waals surface area (Å²) < 4.78 is 26.4. The second kappa shape index (κ2) is 18.1. The van der Waals surface area contributed by atoms with E-state index in [-0.39, 0.29) is 35.1 Å². The molecule has 290 valence electrons. The van der Waals surface area contributed by atoms with Gasteiger partial charge in [-0.1, -0.05) is 25.0 Å². The van der Waals surface area contributed by atoms with E-state index in [4.69, 9.17) is 9.47 Å². The average Bonchev–Trinajstić information content (AvgIpc) is 3.61. The molecule has 4 aliphatic rings. The van der Waals surface area contributed by atoms with E-state index in [2.05, 4.69) is 43.7 Å². The highest BCUT2D eigenvalue weighted by Crippen LogP contribution is 2.32. The van der Waals surface area contributed by atoms with Crippen molar-refractivity contribution in [3.05, 3.63) is 63.5 Å². The third kappa shape index (κ3) is 9.61. The van der Waals surface area contributed by atoms with Gasteiger partial charge in [-0.25, -0.2) is 9.37 Å². The fourth-order valence-corrected chi connectivity index (χ4v) is 9.06. The van der Waals surface area contributed by atoms with Gasteiger partial charge in [0.1, 0.15) is 22.8 Å². The number of hydrogen-bond donors (Lipinski definition) is 3. The first kappa shape index (κ1) is 38.3. The number of ether oxygens (including phenoxy) is 2. The molecule has 3 amide bonds.